The van der Waals surface area contributed by atoms with Gasteiger partial charge in [0.05, 0.1) is 25.0 Å². The van der Waals surface area contributed by atoms with Crippen LogP contribution in [0.3, 0.4) is 0 Å². The number of primary amides is 1. The molecule has 9 nitrogen and oxygen atoms in total. The summed E-state index contributed by atoms with van der Waals surface area (Å²) in [7, 11) is 0. The maximum absolute atomic E-state index is 12.7. The van der Waals surface area contributed by atoms with Gasteiger partial charge in [-0.1, -0.05) is 6.92 Å². The first-order valence-electron chi connectivity index (χ1n) is 11.1. The van der Waals surface area contributed by atoms with Crippen molar-refractivity contribution in [1.29, 1.82) is 5.41 Å². The van der Waals surface area contributed by atoms with Gasteiger partial charge in [-0.2, -0.15) is 0 Å². The van der Waals surface area contributed by atoms with Crippen molar-refractivity contribution >= 4 is 23.7 Å². The van der Waals surface area contributed by atoms with Crippen LogP contribution in [0, 0.1) is 5.41 Å². The topological polar surface area (TPSA) is 153 Å². The minimum atomic E-state index is -0.593. The average molecular weight is 454 g/mol. The van der Waals surface area contributed by atoms with Gasteiger partial charge in [0.1, 0.15) is 5.56 Å². The summed E-state index contributed by atoms with van der Waals surface area (Å²) in [5, 5.41) is 10.4. The zero-order valence-electron chi connectivity index (χ0n) is 19.0. The normalized spacial score (nSPS) is 14.6. The lowest BCUT2D eigenvalue weighted by Crippen LogP contribution is -2.35. The lowest BCUT2D eigenvalue weighted by molar-refractivity contribution is 0.0923. The molecule has 1 aromatic heterocycles. The van der Waals surface area contributed by atoms with E-state index in [1.165, 1.54) is 0 Å². The molecule has 2 atom stereocenters. The van der Waals surface area contributed by atoms with Crippen molar-refractivity contribution < 1.29 is 19.1 Å². The summed E-state index contributed by atoms with van der Waals surface area (Å²) in [5.41, 5.74) is 14.7. The predicted octanol–water partition coefficient (Wildman–Crippen LogP) is 2.59. The molecule has 9 heteroatoms. The molecule has 176 valence electrons. The fourth-order valence-corrected chi connectivity index (χ4v) is 3.71. The standard InChI is InChI=1S/C24H31N5O4/c1-3-18(28-23(31)15-5-7-20(26)16(10-15)12-25)6-4-14(2)33-24-19(22(27)30)11-17-13-32-9-8-21(17)29-24/h5,7,10-12,14,18,25H,3-4,6,8-9,13,26H2,1-2H3,(H2,27,30)(H,28,31)/t14-,18-/m0/s1. The van der Waals surface area contributed by atoms with Crippen molar-refractivity contribution in [2.24, 2.45) is 5.73 Å². The number of nitrogen functional groups attached to an aromatic ring is 1. The molecule has 2 aromatic rings. The van der Waals surface area contributed by atoms with E-state index in [4.69, 9.17) is 26.4 Å². The summed E-state index contributed by atoms with van der Waals surface area (Å²) in [5.74, 6) is -0.563. The van der Waals surface area contributed by atoms with Gasteiger partial charge in [-0.15, -0.1) is 0 Å². The van der Waals surface area contributed by atoms with Gasteiger partial charge in [-0.3, -0.25) is 9.59 Å². The van der Waals surface area contributed by atoms with Gasteiger partial charge in [-0.25, -0.2) is 4.98 Å². The highest BCUT2D eigenvalue weighted by molar-refractivity contribution is 5.97. The first-order chi connectivity index (χ1) is 15.8. The third-order valence-corrected chi connectivity index (χ3v) is 5.73. The van der Waals surface area contributed by atoms with E-state index in [0.717, 1.165) is 23.9 Å². The maximum atomic E-state index is 12.7. The van der Waals surface area contributed by atoms with Crippen molar-refractivity contribution in [1.82, 2.24) is 10.3 Å². The smallest absolute Gasteiger partial charge is 0.254 e. The number of carbonyl (C=O) groups excluding carboxylic acids is 2. The van der Waals surface area contributed by atoms with Crippen LogP contribution in [0.15, 0.2) is 24.3 Å². The average Bonchev–Trinajstić information content (AvgIpc) is 2.81. The maximum Gasteiger partial charge on any atom is 0.254 e. The van der Waals surface area contributed by atoms with Crippen LogP contribution >= 0.6 is 0 Å². The van der Waals surface area contributed by atoms with Gasteiger partial charge in [0.2, 0.25) is 5.88 Å². The van der Waals surface area contributed by atoms with Gasteiger partial charge in [0.25, 0.3) is 11.8 Å². The van der Waals surface area contributed by atoms with E-state index in [2.05, 4.69) is 10.3 Å². The second-order valence-electron chi connectivity index (χ2n) is 8.19. The molecule has 0 spiro atoms. The molecule has 0 saturated heterocycles. The Kier molecular flexibility index (Phi) is 8.00. The fourth-order valence-electron chi connectivity index (χ4n) is 3.71. The van der Waals surface area contributed by atoms with Crippen LogP contribution in [0.25, 0.3) is 0 Å². The summed E-state index contributed by atoms with van der Waals surface area (Å²) in [4.78, 5) is 29.1. The van der Waals surface area contributed by atoms with Crippen LogP contribution in [0.1, 0.15) is 70.6 Å². The Labute approximate surface area is 193 Å². The minimum absolute atomic E-state index is 0.0613. The fraction of sp³-hybridized carbons (Fsp3) is 0.417. The van der Waals surface area contributed by atoms with Crippen LogP contribution < -0.4 is 21.5 Å². The van der Waals surface area contributed by atoms with Crippen LogP contribution in [0.5, 0.6) is 5.88 Å². The number of amides is 2. The SMILES string of the molecule is CC[C@@H](CC[C@H](C)Oc1nc2c(cc1C(N)=O)COCC2)NC(=O)c1ccc(N)c(C=N)c1. The van der Waals surface area contributed by atoms with E-state index in [0.29, 0.717) is 49.3 Å². The number of carbonyl (C=O) groups is 2. The number of nitrogens with zero attached hydrogens (tertiary/aromatic N) is 1. The quantitative estimate of drug-likeness (QED) is 0.320. The van der Waals surface area contributed by atoms with E-state index in [9.17, 15) is 9.59 Å². The number of rotatable bonds is 10. The van der Waals surface area contributed by atoms with Crippen LogP contribution in [0.2, 0.25) is 0 Å². The number of hydrogen-bond acceptors (Lipinski definition) is 7. The van der Waals surface area contributed by atoms with Crippen molar-refractivity contribution in [2.75, 3.05) is 12.3 Å². The zero-order chi connectivity index (χ0) is 24.0. The van der Waals surface area contributed by atoms with Crippen molar-refractivity contribution in [3.8, 4) is 5.88 Å². The van der Waals surface area contributed by atoms with Gasteiger partial charge < -0.3 is 31.7 Å². The molecule has 1 aliphatic heterocycles. The number of anilines is 1. The number of hydrogen-bond donors (Lipinski definition) is 4. The number of aromatic nitrogens is 1. The molecule has 0 fully saturated rings. The van der Waals surface area contributed by atoms with Crippen molar-refractivity contribution in [2.45, 2.75) is 58.3 Å². The molecule has 1 aromatic carbocycles. The van der Waals surface area contributed by atoms with Crippen LogP contribution in [-0.4, -0.2) is 41.8 Å². The molecule has 0 bridgehead atoms. The summed E-state index contributed by atoms with van der Waals surface area (Å²) in [6.07, 6.45) is 3.63. The summed E-state index contributed by atoms with van der Waals surface area (Å²) >= 11 is 0. The summed E-state index contributed by atoms with van der Waals surface area (Å²) < 4.78 is 11.4. The molecular formula is C24H31N5O4. The van der Waals surface area contributed by atoms with Gasteiger partial charge in [-0.05, 0) is 50.5 Å². The Morgan fingerprint density at radius 3 is 2.82 bits per heavy atom. The lowest BCUT2D eigenvalue weighted by atomic mass is 10.0. The van der Waals surface area contributed by atoms with Crippen LogP contribution in [0.4, 0.5) is 5.69 Å². The monoisotopic (exact) mass is 453 g/mol. The molecular weight excluding hydrogens is 422 g/mol. The Bertz CT molecular complexity index is 1040. The summed E-state index contributed by atoms with van der Waals surface area (Å²) in [6, 6.07) is 6.52. The van der Waals surface area contributed by atoms with Crippen LogP contribution in [-0.2, 0) is 17.8 Å². The highest BCUT2D eigenvalue weighted by Gasteiger charge is 2.21. The highest BCUT2D eigenvalue weighted by atomic mass is 16.5. The molecule has 2 amide bonds. The van der Waals surface area contributed by atoms with Crippen molar-refractivity contribution in [3.05, 3.63) is 52.2 Å². The molecule has 0 radical (unpaired) electrons. The molecule has 3 rings (SSSR count). The van der Waals surface area contributed by atoms with Gasteiger partial charge in [0.15, 0.2) is 0 Å². The van der Waals surface area contributed by atoms with E-state index in [1.807, 2.05) is 13.8 Å². The number of ether oxygens (including phenoxy) is 2. The number of nitrogens with one attached hydrogen (secondary N) is 2. The van der Waals surface area contributed by atoms with Gasteiger partial charge >= 0.3 is 0 Å². The molecule has 2 heterocycles. The number of pyridine rings is 1. The Morgan fingerprint density at radius 2 is 2.12 bits per heavy atom. The molecule has 0 aliphatic carbocycles. The number of fused-ring (bicyclic) bond motifs is 1. The first-order valence-corrected chi connectivity index (χ1v) is 11.1. The Morgan fingerprint density at radius 1 is 1.33 bits per heavy atom. The number of nitrogens with two attached hydrogens (primary N) is 2. The van der Waals surface area contributed by atoms with E-state index >= 15 is 0 Å². The van der Waals surface area contributed by atoms with E-state index in [-0.39, 0.29) is 29.5 Å². The largest absolute Gasteiger partial charge is 0.474 e. The van der Waals surface area contributed by atoms with E-state index in [1.54, 1.807) is 24.3 Å². The first kappa shape index (κ1) is 24.2. The minimum Gasteiger partial charge on any atom is -0.474 e. The molecule has 0 unspecified atom stereocenters. The predicted molar refractivity (Wildman–Crippen MR) is 126 cm³/mol. The molecule has 33 heavy (non-hydrogen) atoms. The highest BCUT2D eigenvalue weighted by Crippen LogP contribution is 2.25. The third-order valence-electron chi connectivity index (χ3n) is 5.73. The molecule has 0 saturated carbocycles. The Balaban J connectivity index is 1.61. The second kappa shape index (κ2) is 10.9. The third kappa shape index (κ3) is 6.07. The van der Waals surface area contributed by atoms with Crippen molar-refractivity contribution in [3.63, 3.8) is 0 Å². The second-order valence-corrected chi connectivity index (χ2v) is 8.19. The summed E-state index contributed by atoms with van der Waals surface area (Å²) in [6.45, 7) is 4.89. The number of benzene rings is 1. The lowest BCUT2D eigenvalue weighted by Gasteiger charge is -2.22. The molecule has 1 aliphatic rings. The zero-order valence-corrected chi connectivity index (χ0v) is 19.0. The van der Waals surface area contributed by atoms with E-state index < -0.39 is 5.91 Å². The van der Waals surface area contributed by atoms with Gasteiger partial charge in [0, 0.05) is 41.1 Å². The Hall–Kier alpha value is -3.46. The molecule has 6 N–H and O–H groups in total.